The van der Waals surface area contributed by atoms with Crippen molar-refractivity contribution < 1.29 is 10.2 Å². The Bertz CT molecular complexity index is 384. The zero-order valence-electron chi connectivity index (χ0n) is 11.4. The van der Waals surface area contributed by atoms with Crippen LogP contribution in [0.25, 0.3) is 0 Å². The molecule has 2 rings (SSSR count). The zero-order valence-corrected chi connectivity index (χ0v) is 12.2. The molecule has 3 nitrogen and oxygen atoms in total. The smallest absolute Gasteiger partial charge is 0.115 e. The normalized spacial score (nSPS) is 24.5. The molecule has 4 heteroatoms. The molecule has 0 radical (unpaired) electrons. The van der Waals surface area contributed by atoms with Gasteiger partial charge >= 0.3 is 0 Å². The molecular formula is C15H24ClNO2. The molecular weight excluding hydrogens is 262 g/mol. The van der Waals surface area contributed by atoms with Gasteiger partial charge in [-0.25, -0.2) is 0 Å². The number of nitrogens with one attached hydrogen (secondary N) is 1. The first-order valence-electron chi connectivity index (χ1n) is 6.93. The van der Waals surface area contributed by atoms with E-state index >= 15 is 0 Å². The van der Waals surface area contributed by atoms with E-state index in [0.29, 0.717) is 6.04 Å². The average molecular weight is 286 g/mol. The molecule has 1 aliphatic heterocycles. The van der Waals surface area contributed by atoms with Crippen LogP contribution in [0.15, 0.2) is 24.3 Å². The number of aliphatic hydroxyl groups is 1. The highest BCUT2D eigenvalue weighted by atomic mass is 35.5. The number of hydrogen-bond acceptors (Lipinski definition) is 3. The van der Waals surface area contributed by atoms with E-state index < -0.39 is 6.10 Å². The van der Waals surface area contributed by atoms with Gasteiger partial charge in [0.15, 0.2) is 0 Å². The third-order valence-electron chi connectivity index (χ3n) is 3.75. The molecule has 0 spiro atoms. The Kier molecular flexibility index (Phi) is 6.63. The average Bonchev–Trinajstić information content (AvgIpc) is 2.39. The van der Waals surface area contributed by atoms with Gasteiger partial charge < -0.3 is 15.5 Å². The Balaban J connectivity index is 0.00000180. The van der Waals surface area contributed by atoms with Gasteiger partial charge in [0.05, 0.1) is 6.10 Å². The molecule has 0 amide bonds. The summed E-state index contributed by atoms with van der Waals surface area (Å²) in [6.07, 6.45) is 5.18. The number of halogens is 1. The number of piperidine rings is 1. The van der Waals surface area contributed by atoms with Gasteiger partial charge in [0, 0.05) is 12.1 Å². The van der Waals surface area contributed by atoms with Crippen molar-refractivity contribution in [3.8, 4) is 5.75 Å². The molecule has 1 aliphatic rings. The summed E-state index contributed by atoms with van der Waals surface area (Å²) in [5.41, 5.74) is 0.796. The van der Waals surface area contributed by atoms with Crippen LogP contribution in [-0.2, 0) is 0 Å². The third-order valence-corrected chi connectivity index (χ3v) is 3.75. The molecule has 1 fully saturated rings. The lowest BCUT2D eigenvalue weighted by Crippen LogP contribution is -2.45. The number of phenols is 1. The van der Waals surface area contributed by atoms with Gasteiger partial charge in [0.2, 0.25) is 0 Å². The minimum absolute atomic E-state index is 0. The zero-order chi connectivity index (χ0) is 13.0. The fraction of sp³-hybridized carbons (Fsp3) is 0.600. The molecule has 0 bridgehead atoms. The number of hydrogen-bond donors (Lipinski definition) is 3. The highest BCUT2D eigenvalue weighted by Crippen LogP contribution is 2.27. The van der Waals surface area contributed by atoms with Crippen LogP contribution in [0.4, 0.5) is 0 Å². The predicted molar refractivity (Wildman–Crippen MR) is 79.8 cm³/mol. The molecule has 3 N–H and O–H groups in total. The maximum Gasteiger partial charge on any atom is 0.115 e. The van der Waals surface area contributed by atoms with E-state index in [0.717, 1.165) is 18.4 Å². The maximum absolute atomic E-state index is 10.4. The van der Waals surface area contributed by atoms with Gasteiger partial charge in [-0.3, -0.25) is 0 Å². The van der Waals surface area contributed by atoms with E-state index in [-0.39, 0.29) is 24.2 Å². The molecule has 0 aromatic heterocycles. The Morgan fingerprint density at radius 2 is 2.16 bits per heavy atom. The van der Waals surface area contributed by atoms with Crippen molar-refractivity contribution in [3.05, 3.63) is 29.8 Å². The molecule has 108 valence electrons. The van der Waals surface area contributed by atoms with Crippen molar-refractivity contribution in [1.82, 2.24) is 5.32 Å². The largest absolute Gasteiger partial charge is 0.508 e. The van der Waals surface area contributed by atoms with Crippen LogP contribution in [0.2, 0.25) is 0 Å². The summed E-state index contributed by atoms with van der Waals surface area (Å²) in [5, 5.41) is 23.4. The van der Waals surface area contributed by atoms with Crippen LogP contribution < -0.4 is 5.32 Å². The van der Waals surface area contributed by atoms with Crippen molar-refractivity contribution in [2.45, 2.75) is 57.2 Å². The summed E-state index contributed by atoms with van der Waals surface area (Å²) in [7, 11) is 0. The topological polar surface area (TPSA) is 52.5 Å². The number of aromatic hydroxyl groups is 1. The lowest BCUT2D eigenvalue weighted by molar-refractivity contribution is 0.0996. The van der Waals surface area contributed by atoms with Gasteiger partial charge in [-0.15, -0.1) is 12.4 Å². The first kappa shape index (κ1) is 16.3. The van der Waals surface area contributed by atoms with Crippen molar-refractivity contribution in [2.24, 2.45) is 0 Å². The van der Waals surface area contributed by atoms with Crippen LogP contribution in [0, 0.1) is 0 Å². The number of rotatable bonds is 4. The quantitative estimate of drug-likeness (QED) is 0.796. The van der Waals surface area contributed by atoms with Crippen LogP contribution in [0.5, 0.6) is 5.75 Å². The van der Waals surface area contributed by atoms with Gasteiger partial charge in [0.25, 0.3) is 0 Å². The fourth-order valence-corrected chi connectivity index (χ4v) is 2.82. The second kappa shape index (κ2) is 7.73. The molecule has 1 saturated heterocycles. The van der Waals surface area contributed by atoms with Crippen molar-refractivity contribution in [1.29, 1.82) is 0 Å². The highest BCUT2D eigenvalue weighted by Gasteiger charge is 2.27. The highest BCUT2D eigenvalue weighted by molar-refractivity contribution is 5.85. The second-order valence-electron chi connectivity index (χ2n) is 5.23. The molecule has 1 aromatic carbocycles. The molecule has 19 heavy (non-hydrogen) atoms. The van der Waals surface area contributed by atoms with Gasteiger partial charge in [-0.2, -0.15) is 0 Å². The summed E-state index contributed by atoms with van der Waals surface area (Å²) in [6, 6.07) is 7.56. The van der Waals surface area contributed by atoms with E-state index in [1.807, 2.05) is 6.07 Å². The van der Waals surface area contributed by atoms with Crippen LogP contribution >= 0.6 is 12.4 Å². The standard InChI is InChI=1S/C15H23NO2.ClH/c1-2-5-12-7-4-9-14(16-12)15(18)11-6-3-8-13(17)10-11;/h3,6,8,10,12,14-18H,2,4-5,7,9H2,1H3;1H/t12-,14+,15?;/m1./s1. The predicted octanol–water partition coefficient (Wildman–Crippen LogP) is 3.16. The summed E-state index contributed by atoms with van der Waals surface area (Å²) in [4.78, 5) is 0. The van der Waals surface area contributed by atoms with Crippen molar-refractivity contribution >= 4 is 12.4 Å². The second-order valence-corrected chi connectivity index (χ2v) is 5.23. The molecule has 1 aromatic rings. The SMILES string of the molecule is CCC[C@@H]1CCC[C@@H](C(O)c2cccc(O)c2)N1.Cl. The van der Waals surface area contributed by atoms with E-state index in [1.165, 1.54) is 19.3 Å². The summed E-state index contributed by atoms with van der Waals surface area (Å²) >= 11 is 0. The Hall–Kier alpha value is -0.770. The first-order valence-corrected chi connectivity index (χ1v) is 6.93. The molecule has 1 heterocycles. The van der Waals surface area contributed by atoms with Gasteiger partial charge in [-0.05, 0) is 37.0 Å². The Morgan fingerprint density at radius 3 is 2.84 bits per heavy atom. The van der Waals surface area contributed by atoms with E-state index in [2.05, 4.69) is 12.2 Å². The lowest BCUT2D eigenvalue weighted by Gasteiger charge is -2.34. The minimum atomic E-state index is -0.531. The number of aliphatic hydroxyl groups excluding tert-OH is 1. The lowest BCUT2D eigenvalue weighted by atomic mass is 9.90. The molecule has 3 atom stereocenters. The number of benzene rings is 1. The van der Waals surface area contributed by atoms with Crippen LogP contribution in [0.3, 0.4) is 0 Å². The van der Waals surface area contributed by atoms with Gasteiger partial charge in [0.1, 0.15) is 5.75 Å². The Labute approximate surface area is 121 Å². The monoisotopic (exact) mass is 285 g/mol. The first-order chi connectivity index (χ1) is 8.70. The fourth-order valence-electron chi connectivity index (χ4n) is 2.82. The van der Waals surface area contributed by atoms with E-state index in [9.17, 15) is 10.2 Å². The van der Waals surface area contributed by atoms with Gasteiger partial charge in [-0.1, -0.05) is 31.9 Å². The summed E-state index contributed by atoms with van der Waals surface area (Å²) in [6.45, 7) is 2.19. The van der Waals surface area contributed by atoms with Crippen molar-refractivity contribution in [2.75, 3.05) is 0 Å². The maximum atomic E-state index is 10.4. The van der Waals surface area contributed by atoms with E-state index in [1.54, 1.807) is 18.2 Å². The third kappa shape index (κ3) is 4.37. The summed E-state index contributed by atoms with van der Waals surface area (Å²) < 4.78 is 0. The van der Waals surface area contributed by atoms with Crippen LogP contribution in [-0.4, -0.2) is 22.3 Å². The van der Waals surface area contributed by atoms with Crippen LogP contribution in [0.1, 0.15) is 50.7 Å². The molecule has 0 aliphatic carbocycles. The molecule has 0 saturated carbocycles. The summed E-state index contributed by atoms with van der Waals surface area (Å²) in [5.74, 6) is 0.215. The molecule has 1 unspecified atom stereocenters. The Morgan fingerprint density at radius 1 is 1.37 bits per heavy atom. The number of phenolic OH excluding ortho intramolecular Hbond substituents is 1. The van der Waals surface area contributed by atoms with Crippen molar-refractivity contribution in [3.63, 3.8) is 0 Å². The minimum Gasteiger partial charge on any atom is -0.508 e. The van der Waals surface area contributed by atoms with E-state index in [4.69, 9.17) is 0 Å².